The largest absolute Gasteiger partial charge is 0.305 e. The third-order valence-corrected chi connectivity index (χ3v) is 15.5. The van der Waals surface area contributed by atoms with Crippen molar-refractivity contribution >= 4 is 0 Å². The Hall–Kier alpha value is -5.94. The van der Waals surface area contributed by atoms with E-state index in [0.717, 1.165) is 78.5 Å². The molecule has 7 aromatic rings. The van der Waals surface area contributed by atoms with Gasteiger partial charge in [-0.3, -0.25) is 0 Å². The second-order valence-electron chi connectivity index (χ2n) is 29.3. The summed E-state index contributed by atoms with van der Waals surface area (Å²) in [5.74, 6) is 0. The maximum atomic E-state index is 2.55. The van der Waals surface area contributed by atoms with Gasteiger partial charge in [0.1, 0.15) is 0 Å². The third-order valence-electron chi connectivity index (χ3n) is 15.5. The molecule has 0 aliphatic rings. The van der Waals surface area contributed by atoms with Crippen molar-refractivity contribution in [3.63, 3.8) is 0 Å². The quantitative estimate of drug-likeness (QED) is 0.0431. The lowest BCUT2D eigenvalue weighted by atomic mass is 9.72. The molecule has 0 aromatic heterocycles. The summed E-state index contributed by atoms with van der Waals surface area (Å²) < 4.78 is 0. The molecule has 12 heteroatoms. The summed E-state index contributed by atoms with van der Waals surface area (Å²) in [5.41, 5.74) is 30.2. The first-order valence-corrected chi connectivity index (χ1v) is 32.2. The van der Waals surface area contributed by atoms with Crippen LogP contribution in [-0.4, -0.2) is 228 Å². The normalized spacial score (nSPS) is 12.4. The molecule has 0 radical (unpaired) electrons. The lowest BCUT2D eigenvalue weighted by Crippen LogP contribution is -2.15. The van der Waals surface area contributed by atoms with E-state index < -0.39 is 0 Å². The molecule has 90 heavy (non-hydrogen) atoms. The molecule has 0 amide bonds. The summed E-state index contributed by atoms with van der Waals surface area (Å²) in [6.07, 6.45) is 0. The highest BCUT2D eigenvalue weighted by Crippen LogP contribution is 2.57. The molecule has 0 N–H and O–H groups in total. The smallest absolute Gasteiger partial charge is 0.0227 e. The van der Waals surface area contributed by atoms with Crippen LogP contribution in [0.25, 0.3) is 66.8 Å². The van der Waals surface area contributed by atoms with Gasteiger partial charge in [-0.05, 0) is 375 Å². The summed E-state index contributed by atoms with van der Waals surface area (Å²) in [5, 5.41) is 0. The van der Waals surface area contributed by atoms with Crippen molar-refractivity contribution in [3.05, 3.63) is 176 Å². The fourth-order valence-electron chi connectivity index (χ4n) is 13.4. The molecule has 0 aliphatic carbocycles. The van der Waals surface area contributed by atoms with E-state index in [0.29, 0.717) is 0 Å². The van der Waals surface area contributed by atoms with E-state index in [1.807, 2.05) is 0 Å². The van der Waals surface area contributed by atoms with Crippen LogP contribution in [0.4, 0.5) is 0 Å². The Morgan fingerprint density at radius 3 is 0.278 bits per heavy atom. The predicted molar refractivity (Wildman–Crippen MR) is 388 cm³/mol. The minimum Gasteiger partial charge on any atom is -0.305 e. The summed E-state index contributed by atoms with van der Waals surface area (Å²) in [7, 11) is 53.0. The molecular formula is C78H114N12. The minimum absolute atomic E-state index is 0.793. The van der Waals surface area contributed by atoms with Crippen LogP contribution >= 0.6 is 0 Å². The molecule has 0 fully saturated rings. The van der Waals surface area contributed by atoms with Crippen LogP contribution in [0.5, 0.6) is 0 Å². The summed E-state index contributed by atoms with van der Waals surface area (Å²) in [6.45, 7) is 9.52. The second kappa shape index (κ2) is 32.1. The van der Waals surface area contributed by atoms with Crippen molar-refractivity contribution in [1.82, 2.24) is 58.8 Å². The zero-order valence-corrected chi connectivity index (χ0v) is 60.2. The van der Waals surface area contributed by atoms with Gasteiger partial charge in [-0.15, -0.1) is 0 Å². The molecule has 0 saturated heterocycles. The van der Waals surface area contributed by atoms with Crippen molar-refractivity contribution in [2.75, 3.05) is 169 Å². The Labute approximate surface area is 546 Å². The number of nitrogens with zero attached hydrogens (tertiary/aromatic N) is 12. The lowest BCUT2D eigenvalue weighted by Gasteiger charge is -2.31. The van der Waals surface area contributed by atoms with Gasteiger partial charge in [0, 0.05) is 78.5 Å². The second-order valence-corrected chi connectivity index (χ2v) is 29.3. The SMILES string of the molecule is CN(C)Cc1cc(CN(C)C)cc(-c2c(-c3cc(CN(C)C)cc(CN(C)C)c3)c(-c3cc(CN(C)C)cc(CN(C)C)c3)c(-c3cc(CN(C)C)cc(CN(C)C)c3)c(-c3cc(CN(C)C)cc(CN(C)C)c3)c2-c2cc(CN(C)C)cc(CN(C)C)c2)c1. The molecule has 0 bridgehead atoms. The lowest BCUT2D eigenvalue weighted by molar-refractivity contribution is 0.395. The predicted octanol–water partition coefficient (Wildman–Crippen LogP) is 12.4. The van der Waals surface area contributed by atoms with E-state index in [9.17, 15) is 0 Å². The van der Waals surface area contributed by atoms with Gasteiger partial charge in [-0.2, -0.15) is 0 Å². The van der Waals surface area contributed by atoms with Gasteiger partial charge in [0.25, 0.3) is 0 Å². The number of hydrogen-bond acceptors (Lipinski definition) is 12. The van der Waals surface area contributed by atoms with E-state index in [-0.39, 0.29) is 0 Å². The van der Waals surface area contributed by atoms with Crippen molar-refractivity contribution in [2.24, 2.45) is 0 Å². The molecule has 0 aliphatic heterocycles. The molecule has 0 unspecified atom stereocenters. The van der Waals surface area contributed by atoms with Crippen LogP contribution < -0.4 is 0 Å². The molecule has 0 saturated carbocycles. The van der Waals surface area contributed by atoms with E-state index >= 15 is 0 Å². The van der Waals surface area contributed by atoms with Gasteiger partial charge >= 0.3 is 0 Å². The van der Waals surface area contributed by atoms with Crippen LogP contribution in [0.2, 0.25) is 0 Å². The summed E-state index contributed by atoms with van der Waals surface area (Å²) in [4.78, 5) is 27.9. The standard InChI is InChI=1S/C78H114N12/c1-79(2)43-55-25-56(44-80(3)4)32-67(31-55)73-74(68-33-57(45-81(5)6)26-58(34-68)46-82(7)8)76(70-37-61(49-85(13)14)28-62(38-70)50-86(15)16)78(72-41-65(53-89(21)22)30-66(42-72)54-90(23)24)77(71-39-63(51-87(17)18)29-64(40-71)52-88(19)20)75(73)69-35-59(47-83(9)10)27-60(36-69)48-84(11)12/h25-42H,43-54H2,1-24H3. The molecule has 486 valence electrons. The van der Waals surface area contributed by atoms with Crippen molar-refractivity contribution in [3.8, 4) is 66.8 Å². The van der Waals surface area contributed by atoms with Crippen molar-refractivity contribution in [1.29, 1.82) is 0 Å². The Morgan fingerprint density at radius 1 is 0.133 bits per heavy atom. The van der Waals surface area contributed by atoms with Crippen LogP contribution in [0.1, 0.15) is 66.8 Å². The summed E-state index contributed by atoms with van der Waals surface area (Å²) >= 11 is 0. The third kappa shape index (κ3) is 20.5. The monoisotopic (exact) mass is 1220 g/mol. The first kappa shape index (κ1) is 71.5. The van der Waals surface area contributed by atoms with Gasteiger partial charge in [-0.1, -0.05) is 36.4 Å². The van der Waals surface area contributed by atoms with Gasteiger partial charge < -0.3 is 58.8 Å². The highest BCUT2D eigenvalue weighted by molar-refractivity contribution is 6.15. The van der Waals surface area contributed by atoms with Crippen molar-refractivity contribution in [2.45, 2.75) is 78.5 Å². The van der Waals surface area contributed by atoms with E-state index in [1.165, 1.54) is 134 Å². The Balaban J connectivity index is 2.05. The van der Waals surface area contributed by atoms with Gasteiger partial charge in [0.05, 0.1) is 0 Å². The molecule has 0 spiro atoms. The molecule has 7 rings (SSSR count). The molecule has 0 heterocycles. The average molecular weight is 1220 g/mol. The Bertz CT molecular complexity index is 2730. The van der Waals surface area contributed by atoms with Crippen LogP contribution in [0, 0.1) is 0 Å². The van der Waals surface area contributed by atoms with Crippen LogP contribution in [-0.2, 0) is 78.5 Å². The zero-order chi connectivity index (χ0) is 66.0. The first-order chi connectivity index (χ1) is 42.4. The summed E-state index contributed by atoms with van der Waals surface area (Å²) in [6, 6.07) is 45.4. The average Bonchev–Trinajstić information content (AvgIpc) is 0.712. The molecule has 0 atom stereocenters. The Kier molecular flexibility index (Phi) is 25.5. The highest BCUT2D eigenvalue weighted by Gasteiger charge is 2.32. The fourth-order valence-corrected chi connectivity index (χ4v) is 13.4. The van der Waals surface area contributed by atoms with Crippen LogP contribution in [0.3, 0.4) is 0 Å². The number of rotatable bonds is 30. The fraction of sp³-hybridized carbons (Fsp3) is 0.462. The molecule has 12 nitrogen and oxygen atoms in total. The van der Waals surface area contributed by atoms with Gasteiger partial charge in [-0.25, -0.2) is 0 Å². The van der Waals surface area contributed by atoms with Gasteiger partial charge in [0.15, 0.2) is 0 Å². The van der Waals surface area contributed by atoms with Crippen LogP contribution in [0.15, 0.2) is 109 Å². The van der Waals surface area contributed by atoms with E-state index in [1.54, 1.807) is 0 Å². The van der Waals surface area contributed by atoms with E-state index in [4.69, 9.17) is 0 Å². The first-order valence-electron chi connectivity index (χ1n) is 32.2. The van der Waals surface area contributed by atoms with E-state index in [2.05, 4.69) is 337 Å². The van der Waals surface area contributed by atoms with Gasteiger partial charge in [0.2, 0.25) is 0 Å². The zero-order valence-electron chi connectivity index (χ0n) is 60.2. The maximum Gasteiger partial charge on any atom is 0.0227 e. The minimum atomic E-state index is 0.793. The Morgan fingerprint density at radius 2 is 0.211 bits per heavy atom. The number of benzene rings is 7. The highest BCUT2D eigenvalue weighted by atomic mass is 15.1. The molecular weight excluding hydrogens is 1100 g/mol. The maximum absolute atomic E-state index is 2.55. The van der Waals surface area contributed by atoms with Crippen molar-refractivity contribution < 1.29 is 0 Å². The molecule has 7 aromatic carbocycles. The topological polar surface area (TPSA) is 38.9 Å². The number of hydrogen-bond donors (Lipinski definition) is 0.